The molecule has 1 atom stereocenters. The highest BCUT2D eigenvalue weighted by Crippen LogP contribution is 2.27. The molecule has 1 saturated heterocycles. The molecule has 1 heterocycles. The highest BCUT2D eigenvalue weighted by Gasteiger charge is 2.26. The number of nitrogens with zero attached hydrogens (tertiary/aromatic N) is 1. The molecule has 7 heteroatoms. The van der Waals surface area contributed by atoms with Crippen molar-refractivity contribution in [2.24, 2.45) is 0 Å². The third kappa shape index (κ3) is 4.25. The standard InChI is InChI=1S/C18H17Cl2NO4/c19-16-2-1-3-17(20)15(16)10-24-13-6-4-12(5-7-13)21-8-14(9-22)25-11-18(21)23/h1-7,14,22H,8-11H2. The molecule has 132 valence electrons. The minimum atomic E-state index is -0.365. The first-order valence-electron chi connectivity index (χ1n) is 7.77. The molecule has 0 radical (unpaired) electrons. The number of benzene rings is 2. The number of aliphatic hydroxyl groups excluding tert-OH is 1. The second-order valence-corrected chi connectivity index (χ2v) is 6.42. The van der Waals surface area contributed by atoms with Crippen LogP contribution in [0.3, 0.4) is 0 Å². The van der Waals surface area contributed by atoms with E-state index >= 15 is 0 Å². The average Bonchev–Trinajstić information content (AvgIpc) is 2.62. The van der Waals surface area contributed by atoms with Gasteiger partial charge in [0.1, 0.15) is 19.0 Å². The molecule has 1 aliphatic rings. The van der Waals surface area contributed by atoms with Crippen LogP contribution >= 0.6 is 23.2 Å². The van der Waals surface area contributed by atoms with E-state index in [1.165, 1.54) is 0 Å². The maximum Gasteiger partial charge on any atom is 0.253 e. The molecular weight excluding hydrogens is 365 g/mol. The number of hydrogen-bond acceptors (Lipinski definition) is 4. The number of anilines is 1. The zero-order valence-electron chi connectivity index (χ0n) is 13.3. The molecule has 1 fully saturated rings. The van der Waals surface area contributed by atoms with Crippen LogP contribution in [0.2, 0.25) is 10.0 Å². The van der Waals surface area contributed by atoms with E-state index in [-0.39, 0.29) is 31.8 Å². The summed E-state index contributed by atoms with van der Waals surface area (Å²) >= 11 is 12.3. The van der Waals surface area contributed by atoms with Crippen molar-refractivity contribution in [3.8, 4) is 5.75 Å². The Hall–Kier alpha value is -1.79. The molecule has 1 unspecified atom stereocenters. The molecule has 5 nitrogen and oxygen atoms in total. The van der Waals surface area contributed by atoms with Crippen LogP contribution in [-0.2, 0) is 16.1 Å². The van der Waals surface area contributed by atoms with Gasteiger partial charge in [-0.15, -0.1) is 0 Å². The maximum absolute atomic E-state index is 12.0. The number of amides is 1. The molecule has 1 amide bonds. The quantitative estimate of drug-likeness (QED) is 0.862. The van der Waals surface area contributed by atoms with E-state index in [0.717, 1.165) is 11.3 Å². The Bertz CT molecular complexity index is 731. The lowest BCUT2D eigenvalue weighted by Crippen LogP contribution is -2.48. The van der Waals surface area contributed by atoms with Gasteiger partial charge < -0.3 is 19.5 Å². The molecule has 0 bridgehead atoms. The van der Waals surface area contributed by atoms with Gasteiger partial charge in [0, 0.05) is 21.3 Å². The molecule has 0 saturated carbocycles. The van der Waals surface area contributed by atoms with Gasteiger partial charge in [0.05, 0.1) is 19.3 Å². The number of aliphatic hydroxyl groups is 1. The Morgan fingerprint density at radius 1 is 1.16 bits per heavy atom. The van der Waals surface area contributed by atoms with Crippen LogP contribution < -0.4 is 9.64 Å². The third-order valence-electron chi connectivity index (χ3n) is 3.93. The zero-order chi connectivity index (χ0) is 17.8. The lowest BCUT2D eigenvalue weighted by atomic mass is 10.2. The number of carbonyl (C=O) groups excluding carboxylic acids is 1. The summed E-state index contributed by atoms with van der Waals surface area (Å²) < 4.78 is 11.0. The van der Waals surface area contributed by atoms with Gasteiger partial charge >= 0.3 is 0 Å². The molecule has 2 aromatic rings. The van der Waals surface area contributed by atoms with Crippen molar-refractivity contribution >= 4 is 34.8 Å². The van der Waals surface area contributed by atoms with Gasteiger partial charge in [-0.2, -0.15) is 0 Å². The fraction of sp³-hybridized carbons (Fsp3) is 0.278. The molecule has 0 spiro atoms. The van der Waals surface area contributed by atoms with Crippen LogP contribution in [0.1, 0.15) is 5.56 Å². The van der Waals surface area contributed by atoms with Crippen LogP contribution in [0.5, 0.6) is 5.75 Å². The largest absolute Gasteiger partial charge is 0.489 e. The first-order chi connectivity index (χ1) is 12.1. The summed E-state index contributed by atoms with van der Waals surface area (Å²) in [4.78, 5) is 13.6. The number of rotatable bonds is 5. The highest BCUT2D eigenvalue weighted by atomic mass is 35.5. The van der Waals surface area contributed by atoms with Gasteiger partial charge in [-0.3, -0.25) is 4.79 Å². The zero-order valence-corrected chi connectivity index (χ0v) is 14.8. The molecule has 0 aromatic heterocycles. The smallest absolute Gasteiger partial charge is 0.253 e. The van der Waals surface area contributed by atoms with Crippen molar-refractivity contribution in [2.45, 2.75) is 12.7 Å². The van der Waals surface area contributed by atoms with E-state index in [1.807, 2.05) is 0 Å². The van der Waals surface area contributed by atoms with E-state index in [0.29, 0.717) is 22.3 Å². The lowest BCUT2D eigenvalue weighted by molar-refractivity contribution is -0.130. The van der Waals surface area contributed by atoms with Gasteiger partial charge in [0.15, 0.2) is 0 Å². The Labute approximate surface area is 155 Å². The van der Waals surface area contributed by atoms with Gasteiger partial charge in [0.2, 0.25) is 0 Å². The van der Waals surface area contributed by atoms with Crippen LogP contribution in [0.4, 0.5) is 5.69 Å². The van der Waals surface area contributed by atoms with Crippen LogP contribution in [0.15, 0.2) is 42.5 Å². The number of hydrogen-bond donors (Lipinski definition) is 1. The number of morpholine rings is 1. The van der Waals surface area contributed by atoms with Crippen molar-refractivity contribution in [2.75, 3.05) is 24.7 Å². The molecule has 25 heavy (non-hydrogen) atoms. The summed E-state index contributed by atoms with van der Waals surface area (Å²) in [5.74, 6) is 0.500. The summed E-state index contributed by atoms with van der Waals surface area (Å²) in [6.45, 7) is 0.420. The van der Waals surface area contributed by atoms with Gasteiger partial charge in [-0.1, -0.05) is 29.3 Å². The van der Waals surface area contributed by atoms with Crippen molar-refractivity contribution in [3.05, 3.63) is 58.1 Å². The second kappa shape index (κ2) is 8.06. The van der Waals surface area contributed by atoms with E-state index in [1.54, 1.807) is 47.4 Å². The Kier molecular flexibility index (Phi) is 5.81. The topological polar surface area (TPSA) is 59.0 Å². The third-order valence-corrected chi connectivity index (χ3v) is 4.63. The Morgan fingerprint density at radius 3 is 2.48 bits per heavy atom. The van der Waals surface area contributed by atoms with Crippen LogP contribution in [0, 0.1) is 0 Å². The summed E-state index contributed by atoms with van der Waals surface area (Å²) in [7, 11) is 0. The van der Waals surface area contributed by atoms with E-state index < -0.39 is 0 Å². The summed E-state index contributed by atoms with van der Waals surface area (Å²) in [5.41, 5.74) is 1.46. The first-order valence-corrected chi connectivity index (χ1v) is 8.52. The highest BCUT2D eigenvalue weighted by molar-refractivity contribution is 6.35. The second-order valence-electron chi connectivity index (χ2n) is 5.60. The molecule has 0 aliphatic carbocycles. The first kappa shape index (κ1) is 18.0. The SMILES string of the molecule is O=C1COC(CO)CN1c1ccc(OCc2c(Cl)cccc2Cl)cc1. The average molecular weight is 382 g/mol. The van der Waals surface area contributed by atoms with Gasteiger partial charge in [-0.05, 0) is 36.4 Å². The Balaban J connectivity index is 1.67. The molecule has 3 rings (SSSR count). The van der Waals surface area contributed by atoms with E-state index in [9.17, 15) is 9.90 Å². The minimum Gasteiger partial charge on any atom is -0.489 e. The van der Waals surface area contributed by atoms with Crippen molar-refractivity contribution in [1.29, 1.82) is 0 Å². The van der Waals surface area contributed by atoms with Crippen molar-refractivity contribution in [3.63, 3.8) is 0 Å². The number of halogens is 2. The van der Waals surface area contributed by atoms with Gasteiger partial charge in [-0.25, -0.2) is 0 Å². The normalized spacial score (nSPS) is 17.6. The fourth-order valence-corrected chi connectivity index (χ4v) is 3.04. The van der Waals surface area contributed by atoms with Crippen molar-refractivity contribution < 1.29 is 19.4 Å². The predicted octanol–water partition coefficient (Wildman–Crippen LogP) is 3.30. The molecule has 2 aromatic carbocycles. The van der Waals surface area contributed by atoms with Crippen LogP contribution in [0.25, 0.3) is 0 Å². The summed E-state index contributed by atoms with van der Waals surface area (Å²) in [5, 5.41) is 10.3. The monoisotopic (exact) mass is 381 g/mol. The summed E-state index contributed by atoms with van der Waals surface area (Å²) in [6, 6.07) is 12.4. The van der Waals surface area contributed by atoms with Crippen molar-refractivity contribution in [1.82, 2.24) is 0 Å². The fourth-order valence-electron chi connectivity index (χ4n) is 2.53. The van der Waals surface area contributed by atoms with Gasteiger partial charge in [0.25, 0.3) is 5.91 Å². The molecule has 1 N–H and O–H groups in total. The minimum absolute atomic E-state index is 0.0333. The van der Waals surface area contributed by atoms with E-state index in [2.05, 4.69) is 0 Å². The molecule has 1 aliphatic heterocycles. The van der Waals surface area contributed by atoms with E-state index in [4.69, 9.17) is 32.7 Å². The lowest BCUT2D eigenvalue weighted by Gasteiger charge is -2.31. The number of ether oxygens (including phenoxy) is 2. The number of carbonyl (C=O) groups is 1. The summed E-state index contributed by atoms with van der Waals surface area (Å²) in [6.07, 6.45) is -0.365. The predicted molar refractivity (Wildman–Crippen MR) is 96.4 cm³/mol. The van der Waals surface area contributed by atoms with Crippen LogP contribution in [-0.4, -0.2) is 36.9 Å². The molecular formula is C18H17Cl2NO4. The Morgan fingerprint density at radius 2 is 1.84 bits per heavy atom. The maximum atomic E-state index is 12.0.